The summed E-state index contributed by atoms with van der Waals surface area (Å²) in [6.45, 7) is 4.80. The highest BCUT2D eigenvalue weighted by atomic mass is 16.1. The standard InChI is InChI=1S/C17H23N5O/c1-2-15-14(12-21-22(15)16-7-3-4-9-19-16)17(23)20-11-13-6-5-8-18-10-13/h3-4,7,9,12-13,18H,2,5-6,8,10-11H2,1H3,(H,20,23). The minimum absolute atomic E-state index is 0.0467. The molecule has 6 heteroatoms. The molecule has 1 amide bonds. The van der Waals surface area contributed by atoms with E-state index in [1.54, 1.807) is 17.1 Å². The second kappa shape index (κ2) is 7.37. The Morgan fingerprint density at radius 1 is 1.48 bits per heavy atom. The molecule has 2 aromatic rings. The Kier molecular flexibility index (Phi) is 5.02. The van der Waals surface area contributed by atoms with Crippen molar-refractivity contribution in [3.8, 4) is 5.82 Å². The van der Waals surface area contributed by atoms with E-state index in [1.807, 2.05) is 25.1 Å². The van der Waals surface area contributed by atoms with Crippen LogP contribution in [0.4, 0.5) is 0 Å². The Labute approximate surface area is 136 Å². The van der Waals surface area contributed by atoms with E-state index in [1.165, 1.54) is 12.8 Å². The largest absolute Gasteiger partial charge is 0.352 e. The number of nitrogens with one attached hydrogen (secondary N) is 2. The number of hydrogen-bond acceptors (Lipinski definition) is 4. The van der Waals surface area contributed by atoms with Gasteiger partial charge in [-0.05, 0) is 50.4 Å². The van der Waals surface area contributed by atoms with Crippen LogP contribution in [0, 0.1) is 5.92 Å². The Morgan fingerprint density at radius 2 is 2.39 bits per heavy atom. The van der Waals surface area contributed by atoms with Crippen molar-refractivity contribution in [2.45, 2.75) is 26.2 Å². The molecule has 0 bridgehead atoms. The average molecular weight is 313 g/mol. The molecular formula is C17H23N5O. The summed E-state index contributed by atoms with van der Waals surface area (Å²) in [5.41, 5.74) is 1.53. The Balaban J connectivity index is 1.72. The molecule has 2 N–H and O–H groups in total. The summed E-state index contributed by atoms with van der Waals surface area (Å²) in [6, 6.07) is 5.67. The fourth-order valence-electron chi connectivity index (χ4n) is 3.01. The molecule has 1 unspecified atom stereocenters. The van der Waals surface area contributed by atoms with Crippen LogP contribution in [0.15, 0.2) is 30.6 Å². The molecule has 1 aliphatic rings. The predicted octanol–water partition coefficient (Wildman–Crippen LogP) is 1.56. The number of rotatable bonds is 5. The zero-order chi connectivity index (χ0) is 16.1. The van der Waals surface area contributed by atoms with Crippen LogP contribution in [0.1, 0.15) is 35.8 Å². The Morgan fingerprint density at radius 3 is 3.09 bits per heavy atom. The molecule has 1 saturated heterocycles. The summed E-state index contributed by atoms with van der Waals surface area (Å²) in [4.78, 5) is 16.8. The van der Waals surface area contributed by atoms with Crippen molar-refractivity contribution in [3.63, 3.8) is 0 Å². The van der Waals surface area contributed by atoms with Gasteiger partial charge in [0, 0.05) is 12.7 Å². The normalized spacial score (nSPS) is 17.9. The van der Waals surface area contributed by atoms with Crippen LogP contribution in [0.3, 0.4) is 0 Å². The lowest BCUT2D eigenvalue weighted by molar-refractivity contribution is 0.0944. The van der Waals surface area contributed by atoms with Crippen LogP contribution >= 0.6 is 0 Å². The van der Waals surface area contributed by atoms with E-state index in [-0.39, 0.29) is 5.91 Å². The first kappa shape index (κ1) is 15.7. The van der Waals surface area contributed by atoms with Gasteiger partial charge in [-0.3, -0.25) is 4.79 Å². The van der Waals surface area contributed by atoms with Gasteiger partial charge in [-0.15, -0.1) is 0 Å². The van der Waals surface area contributed by atoms with E-state index in [2.05, 4.69) is 20.7 Å². The molecule has 0 aromatic carbocycles. The van der Waals surface area contributed by atoms with E-state index in [0.29, 0.717) is 18.0 Å². The molecule has 0 saturated carbocycles. The minimum Gasteiger partial charge on any atom is -0.352 e. The summed E-state index contributed by atoms with van der Waals surface area (Å²) in [5, 5.41) is 10.8. The van der Waals surface area contributed by atoms with E-state index < -0.39 is 0 Å². The highest BCUT2D eigenvalue weighted by Crippen LogP contribution is 2.15. The Hall–Kier alpha value is -2.21. The van der Waals surface area contributed by atoms with E-state index in [4.69, 9.17) is 0 Å². The van der Waals surface area contributed by atoms with Gasteiger partial charge >= 0.3 is 0 Å². The summed E-state index contributed by atoms with van der Waals surface area (Å²) >= 11 is 0. The summed E-state index contributed by atoms with van der Waals surface area (Å²) in [6.07, 6.45) is 6.44. The van der Waals surface area contributed by atoms with Crippen molar-refractivity contribution in [2.24, 2.45) is 5.92 Å². The molecule has 6 nitrogen and oxygen atoms in total. The third kappa shape index (κ3) is 3.59. The van der Waals surface area contributed by atoms with Crippen LogP contribution in [0.2, 0.25) is 0 Å². The summed E-state index contributed by atoms with van der Waals surface area (Å²) < 4.78 is 1.75. The number of aromatic nitrogens is 3. The Bertz CT molecular complexity index is 646. The first-order valence-electron chi connectivity index (χ1n) is 8.26. The molecule has 0 spiro atoms. The fourth-order valence-corrected chi connectivity index (χ4v) is 3.01. The van der Waals surface area contributed by atoms with Gasteiger partial charge in [0.05, 0.1) is 17.5 Å². The average Bonchev–Trinajstić information content (AvgIpc) is 3.05. The minimum atomic E-state index is -0.0467. The number of hydrogen-bond donors (Lipinski definition) is 2. The van der Waals surface area contributed by atoms with Gasteiger partial charge in [0.15, 0.2) is 5.82 Å². The highest BCUT2D eigenvalue weighted by Gasteiger charge is 2.19. The number of nitrogens with zero attached hydrogens (tertiary/aromatic N) is 3. The van der Waals surface area contributed by atoms with E-state index >= 15 is 0 Å². The van der Waals surface area contributed by atoms with Crippen LogP contribution in [0.25, 0.3) is 5.82 Å². The molecule has 3 heterocycles. The van der Waals surface area contributed by atoms with Crippen molar-refractivity contribution in [2.75, 3.05) is 19.6 Å². The number of carbonyl (C=O) groups is 1. The van der Waals surface area contributed by atoms with Crippen molar-refractivity contribution in [1.29, 1.82) is 0 Å². The third-order valence-corrected chi connectivity index (χ3v) is 4.26. The van der Waals surface area contributed by atoms with Crippen LogP contribution in [-0.2, 0) is 6.42 Å². The molecule has 1 fully saturated rings. The molecule has 1 aliphatic heterocycles. The summed E-state index contributed by atoms with van der Waals surface area (Å²) in [5.74, 6) is 1.21. The smallest absolute Gasteiger partial charge is 0.254 e. The highest BCUT2D eigenvalue weighted by molar-refractivity contribution is 5.95. The van der Waals surface area contributed by atoms with Crippen molar-refractivity contribution in [3.05, 3.63) is 41.9 Å². The van der Waals surface area contributed by atoms with Crippen LogP contribution in [-0.4, -0.2) is 40.3 Å². The molecular weight excluding hydrogens is 290 g/mol. The fraction of sp³-hybridized carbons (Fsp3) is 0.471. The quantitative estimate of drug-likeness (QED) is 0.879. The summed E-state index contributed by atoms with van der Waals surface area (Å²) in [7, 11) is 0. The molecule has 0 aliphatic carbocycles. The van der Waals surface area contributed by atoms with Crippen molar-refractivity contribution in [1.82, 2.24) is 25.4 Å². The van der Waals surface area contributed by atoms with E-state index in [0.717, 1.165) is 31.0 Å². The first-order valence-corrected chi connectivity index (χ1v) is 8.26. The lowest BCUT2D eigenvalue weighted by Crippen LogP contribution is -2.38. The first-order chi connectivity index (χ1) is 11.3. The zero-order valence-corrected chi connectivity index (χ0v) is 13.5. The number of carbonyl (C=O) groups excluding carboxylic acids is 1. The number of amides is 1. The molecule has 23 heavy (non-hydrogen) atoms. The monoisotopic (exact) mass is 313 g/mol. The van der Waals surface area contributed by atoms with Crippen LogP contribution < -0.4 is 10.6 Å². The van der Waals surface area contributed by atoms with Gasteiger partial charge in [0.25, 0.3) is 5.91 Å². The lowest BCUT2D eigenvalue weighted by atomic mass is 9.99. The SMILES string of the molecule is CCc1c(C(=O)NCC2CCCNC2)cnn1-c1ccccn1. The van der Waals surface area contributed by atoms with Gasteiger partial charge in [-0.1, -0.05) is 13.0 Å². The number of pyridine rings is 1. The molecule has 0 radical (unpaired) electrons. The van der Waals surface area contributed by atoms with Gasteiger partial charge in [0.2, 0.25) is 0 Å². The topological polar surface area (TPSA) is 71.8 Å². The van der Waals surface area contributed by atoms with Gasteiger partial charge < -0.3 is 10.6 Å². The van der Waals surface area contributed by atoms with E-state index in [9.17, 15) is 4.79 Å². The van der Waals surface area contributed by atoms with Crippen molar-refractivity contribution < 1.29 is 4.79 Å². The maximum Gasteiger partial charge on any atom is 0.254 e. The third-order valence-electron chi connectivity index (χ3n) is 4.26. The lowest BCUT2D eigenvalue weighted by Gasteiger charge is -2.22. The molecule has 2 aromatic heterocycles. The second-order valence-corrected chi connectivity index (χ2v) is 5.88. The maximum absolute atomic E-state index is 12.5. The molecule has 3 rings (SSSR count). The second-order valence-electron chi connectivity index (χ2n) is 5.88. The van der Waals surface area contributed by atoms with Gasteiger partial charge in [-0.25, -0.2) is 9.67 Å². The van der Waals surface area contributed by atoms with Gasteiger partial charge in [0.1, 0.15) is 0 Å². The van der Waals surface area contributed by atoms with Crippen molar-refractivity contribution >= 4 is 5.91 Å². The molecule has 1 atom stereocenters. The predicted molar refractivity (Wildman–Crippen MR) is 88.7 cm³/mol. The zero-order valence-electron chi connectivity index (χ0n) is 13.5. The molecule has 122 valence electrons. The van der Waals surface area contributed by atoms with Crippen LogP contribution in [0.5, 0.6) is 0 Å². The maximum atomic E-state index is 12.5. The number of piperidine rings is 1. The van der Waals surface area contributed by atoms with Gasteiger partial charge in [-0.2, -0.15) is 5.10 Å².